The van der Waals surface area contributed by atoms with Crippen molar-refractivity contribution in [1.29, 1.82) is 0 Å². The molecule has 0 fully saturated rings. The van der Waals surface area contributed by atoms with E-state index in [9.17, 15) is 4.79 Å². The average Bonchev–Trinajstić information content (AvgIpc) is 2.85. The highest BCUT2D eigenvalue weighted by Gasteiger charge is 2.22. The molecule has 1 amide bonds. The van der Waals surface area contributed by atoms with E-state index >= 15 is 0 Å². The second-order valence-electron chi connectivity index (χ2n) is 4.15. The predicted molar refractivity (Wildman–Crippen MR) is 67.3 cm³/mol. The lowest BCUT2D eigenvalue weighted by molar-refractivity contribution is -0.136. The Hall–Kier alpha value is -1.29. The number of amides is 1. The number of hydrogen-bond acceptors (Lipinski definition) is 3. The number of rotatable bonds is 7. The summed E-state index contributed by atoms with van der Waals surface area (Å²) in [5.41, 5.74) is 5.65. The van der Waals surface area contributed by atoms with Crippen LogP contribution >= 0.6 is 0 Å². The Balaban J connectivity index is 2.62. The van der Waals surface area contributed by atoms with Crippen LogP contribution in [0.15, 0.2) is 22.8 Å². The molecule has 0 aliphatic rings. The van der Waals surface area contributed by atoms with E-state index in [2.05, 4.69) is 6.92 Å². The summed E-state index contributed by atoms with van der Waals surface area (Å²) in [5, 5.41) is 0. The average molecular weight is 238 g/mol. The third kappa shape index (κ3) is 3.89. The Labute approximate surface area is 103 Å². The van der Waals surface area contributed by atoms with Gasteiger partial charge in [-0.2, -0.15) is 0 Å². The van der Waals surface area contributed by atoms with Crippen molar-refractivity contribution in [2.24, 2.45) is 11.7 Å². The zero-order chi connectivity index (χ0) is 12.7. The lowest BCUT2D eigenvalue weighted by Crippen LogP contribution is -2.38. The zero-order valence-corrected chi connectivity index (χ0v) is 10.7. The van der Waals surface area contributed by atoms with Gasteiger partial charge in [0.1, 0.15) is 5.76 Å². The molecule has 0 aromatic carbocycles. The van der Waals surface area contributed by atoms with E-state index in [1.54, 1.807) is 11.2 Å². The SMILES string of the molecule is CCCC(CN)C(=O)N(CC)Cc1ccco1. The van der Waals surface area contributed by atoms with Crippen molar-refractivity contribution in [3.8, 4) is 0 Å². The minimum Gasteiger partial charge on any atom is -0.467 e. The first kappa shape index (κ1) is 13.8. The van der Waals surface area contributed by atoms with Crippen molar-refractivity contribution in [2.45, 2.75) is 33.2 Å². The molecule has 96 valence electrons. The summed E-state index contributed by atoms with van der Waals surface area (Å²) in [6, 6.07) is 3.72. The van der Waals surface area contributed by atoms with Crippen LogP contribution in [0.1, 0.15) is 32.4 Å². The van der Waals surface area contributed by atoms with Crippen LogP contribution in [-0.4, -0.2) is 23.9 Å². The molecule has 0 bridgehead atoms. The third-order valence-electron chi connectivity index (χ3n) is 2.89. The van der Waals surface area contributed by atoms with Gasteiger partial charge in [-0.3, -0.25) is 4.79 Å². The van der Waals surface area contributed by atoms with Gasteiger partial charge in [-0.15, -0.1) is 0 Å². The highest BCUT2D eigenvalue weighted by atomic mass is 16.3. The maximum absolute atomic E-state index is 12.2. The van der Waals surface area contributed by atoms with Crippen LogP contribution in [-0.2, 0) is 11.3 Å². The number of nitrogens with zero attached hydrogens (tertiary/aromatic N) is 1. The molecule has 0 aliphatic carbocycles. The van der Waals surface area contributed by atoms with Gasteiger partial charge in [0.15, 0.2) is 0 Å². The van der Waals surface area contributed by atoms with E-state index in [0.717, 1.165) is 18.6 Å². The fourth-order valence-electron chi connectivity index (χ4n) is 1.89. The quantitative estimate of drug-likeness (QED) is 0.790. The van der Waals surface area contributed by atoms with Crippen molar-refractivity contribution in [1.82, 2.24) is 4.90 Å². The Morgan fingerprint density at radius 2 is 2.29 bits per heavy atom. The Kier molecular flexibility index (Phi) is 5.77. The molecule has 1 heterocycles. The monoisotopic (exact) mass is 238 g/mol. The van der Waals surface area contributed by atoms with Crippen LogP contribution in [0.4, 0.5) is 0 Å². The number of furan rings is 1. The molecular formula is C13H22N2O2. The van der Waals surface area contributed by atoms with Crippen LogP contribution in [0, 0.1) is 5.92 Å². The van der Waals surface area contributed by atoms with Crippen molar-refractivity contribution in [3.63, 3.8) is 0 Å². The van der Waals surface area contributed by atoms with Crippen LogP contribution in [0.5, 0.6) is 0 Å². The zero-order valence-electron chi connectivity index (χ0n) is 10.7. The topological polar surface area (TPSA) is 59.5 Å². The van der Waals surface area contributed by atoms with Gasteiger partial charge in [-0.1, -0.05) is 13.3 Å². The summed E-state index contributed by atoms with van der Waals surface area (Å²) in [5.74, 6) is 0.885. The fraction of sp³-hybridized carbons (Fsp3) is 0.615. The van der Waals surface area contributed by atoms with E-state index in [0.29, 0.717) is 19.6 Å². The number of nitrogens with two attached hydrogens (primary N) is 1. The van der Waals surface area contributed by atoms with Gasteiger partial charge >= 0.3 is 0 Å². The van der Waals surface area contributed by atoms with Crippen molar-refractivity contribution < 1.29 is 9.21 Å². The standard InChI is InChI=1S/C13H22N2O2/c1-3-6-11(9-14)13(16)15(4-2)10-12-7-5-8-17-12/h5,7-8,11H,3-4,6,9-10,14H2,1-2H3. The van der Waals surface area contributed by atoms with Gasteiger partial charge in [-0.25, -0.2) is 0 Å². The first-order valence-corrected chi connectivity index (χ1v) is 6.24. The molecule has 1 rings (SSSR count). The van der Waals surface area contributed by atoms with E-state index in [1.807, 2.05) is 19.1 Å². The molecule has 0 saturated heterocycles. The highest BCUT2D eigenvalue weighted by molar-refractivity contribution is 5.79. The van der Waals surface area contributed by atoms with E-state index in [1.165, 1.54) is 0 Å². The number of carbonyl (C=O) groups is 1. The second-order valence-corrected chi connectivity index (χ2v) is 4.15. The normalized spacial score (nSPS) is 12.4. The van der Waals surface area contributed by atoms with Gasteiger partial charge < -0.3 is 15.1 Å². The summed E-state index contributed by atoms with van der Waals surface area (Å²) in [7, 11) is 0. The van der Waals surface area contributed by atoms with Gasteiger partial charge in [0.25, 0.3) is 0 Å². The summed E-state index contributed by atoms with van der Waals surface area (Å²) >= 11 is 0. The van der Waals surface area contributed by atoms with Crippen molar-refractivity contribution >= 4 is 5.91 Å². The number of carbonyl (C=O) groups excluding carboxylic acids is 1. The van der Waals surface area contributed by atoms with Crippen LogP contribution in [0.25, 0.3) is 0 Å². The van der Waals surface area contributed by atoms with Crippen LogP contribution in [0.3, 0.4) is 0 Å². The molecular weight excluding hydrogens is 216 g/mol. The summed E-state index contributed by atoms with van der Waals surface area (Å²) < 4.78 is 5.26. The molecule has 1 aromatic rings. The molecule has 0 aliphatic heterocycles. The third-order valence-corrected chi connectivity index (χ3v) is 2.89. The predicted octanol–water partition coefficient (Wildman–Crippen LogP) is 2.00. The van der Waals surface area contributed by atoms with Crippen LogP contribution < -0.4 is 5.73 Å². The summed E-state index contributed by atoms with van der Waals surface area (Å²) in [6.45, 7) is 5.67. The smallest absolute Gasteiger partial charge is 0.227 e. The van der Waals surface area contributed by atoms with Gasteiger partial charge in [0.05, 0.1) is 18.7 Å². The van der Waals surface area contributed by atoms with Crippen LogP contribution in [0.2, 0.25) is 0 Å². The van der Waals surface area contributed by atoms with Gasteiger partial charge in [0, 0.05) is 13.1 Å². The summed E-state index contributed by atoms with van der Waals surface area (Å²) in [4.78, 5) is 14.0. The molecule has 4 nitrogen and oxygen atoms in total. The fourth-order valence-corrected chi connectivity index (χ4v) is 1.89. The molecule has 0 spiro atoms. The largest absolute Gasteiger partial charge is 0.467 e. The molecule has 1 aromatic heterocycles. The van der Waals surface area contributed by atoms with Crippen molar-refractivity contribution in [3.05, 3.63) is 24.2 Å². The lowest BCUT2D eigenvalue weighted by Gasteiger charge is -2.24. The molecule has 4 heteroatoms. The molecule has 17 heavy (non-hydrogen) atoms. The van der Waals surface area contributed by atoms with E-state index < -0.39 is 0 Å². The van der Waals surface area contributed by atoms with E-state index in [4.69, 9.17) is 10.2 Å². The van der Waals surface area contributed by atoms with E-state index in [-0.39, 0.29) is 11.8 Å². The molecule has 1 atom stereocenters. The minimum absolute atomic E-state index is 0.0603. The minimum atomic E-state index is -0.0603. The molecule has 0 radical (unpaired) electrons. The molecule has 2 N–H and O–H groups in total. The Morgan fingerprint density at radius 1 is 1.53 bits per heavy atom. The maximum Gasteiger partial charge on any atom is 0.227 e. The lowest BCUT2D eigenvalue weighted by atomic mass is 10.0. The first-order chi connectivity index (χ1) is 8.22. The maximum atomic E-state index is 12.2. The number of hydrogen-bond donors (Lipinski definition) is 1. The molecule has 0 saturated carbocycles. The second kappa shape index (κ2) is 7.12. The van der Waals surface area contributed by atoms with Crippen molar-refractivity contribution in [2.75, 3.05) is 13.1 Å². The highest BCUT2D eigenvalue weighted by Crippen LogP contribution is 2.12. The van der Waals surface area contributed by atoms with Gasteiger partial charge in [-0.05, 0) is 25.5 Å². The Morgan fingerprint density at radius 3 is 2.76 bits per heavy atom. The summed E-state index contributed by atoms with van der Waals surface area (Å²) in [6.07, 6.45) is 3.45. The molecule has 1 unspecified atom stereocenters. The Bertz CT molecular complexity index is 322. The first-order valence-electron chi connectivity index (χ1n) is 6.24. The van der Waals surface area contributed by atoms with Gasteiger partial charge in [0.2, 0.25) is 5.91 Å².